The molecule has 0 bridgehead atoms. The topological polar surface area (TPSA) is 88.1 Å². The van der Waals surface area contributed by atoms with Crippen molar-refractivity contribution in [1.29, 1.82) is 0 Å². The minimum absolute atomic E-state index is 0.341. The zero-order chi connectivity index (χ0) is 26.4. The first-order valence-corrected chi connectivity index (χ1v) is 13.7. The van der Waals surface area contributed by atoms with Crippen molar-refractivity contribution in [3.05, 3.63) is 107 Å². The molecule has 0 saturated heterocycles. The summed E-state index contributed by atoms with van der Waals surface area (Å²) in [6.45, 7) is 1.76. The number of benzene rings is 4. The number of carbonyl (C=O) groups excluding carboxylic acids is 1. The van der Waals surface area contributed by atoms with Crippen LogP contribution >= 0.6 is 11.6 Å². The van der Waals surface area contributed by atoms with Gasteiger partial charge in [-0.3, -0.25) is 9.10 Å². The second-order valence-corrected chi connectivity index (χ2v) is 10.9. The number of fused-ring (bicyclic) bond motifs is 1. The van der Waals surface area contributed by atoms with Gasteiger partial charge in [-0.25, -0.2) is 13.8 Å². The zero-order valence-corrected chi connectivity index (χ0v) is 22.0. The summed E-state index contributed by atoms with van der Waals surface area (Å²) >= 11 is 6.03. The first kappa shape index (κ1) is 26.2. The summed E-state index contributed by atoms with van der Waals surface area (Å²) in [6, 6.07) is 26.5. The summed E-state index contributed by atoms with van der Waals surface area (Å²) < 4.78 is 31.5. The van der Waals surface area contributed by atoms with Gasteiger partial charge in [-0.15, -0.1) is 0 Å². The number of hydrazone groups is 1. The van der Waals surface area contributed by atoms with E-state index in [1.54, 1.807) is 19.1 Å². The van der Waals surface area contributed by atoms with Gasteiger partial charge in [0.15, 0.2) is 0 Å². The molecule has 37 heavy (non-hydrogen) atoms. The maximum Gasteiger partial charge on any atom is 0.260 e. The largest absolute Gasteiger partial charge is 0.489 e. The molecule has 0 atom stereocenters. The van der Waals surface area contributed by atoms with E-state index in [-0.39, 0.29) is 0 Å². The van der Waals surface area contributed by atoms with Gasteiger partial charge >= 0.3 is 0 Å². The molecule has 0 aliphatic rings. The Hall–Kier alpha value is -3.88. The third-order valence-electron chi connectivity index (χ3n) is 5.63. The van der Waals surface area contributed by atoms with Gasteiger partial charge in [0.2, 0.25) is 10.0 Å². The van der Waals surface area contributed by atoms with Crippen molar-refractivity contribution in [2.24, 2.45) is 5.10 Å². The van der Waals surface area contributed by atoms with E-state index in [0.29, 0.717) is 28.6 Å². The molecule has 190 valence electrons. The third-order valence-corrected chi connectivity index (χ3v) is 6.99. The van der Waals surface area contributed by atoms with E-state index in [9.17, 15) is 13.2 Å². The van der Waals surface area contributed by atoms with Crippen molar-refractivity contribution in [3.8, 4) is 5.75 Å². The van der Waals surface area contributed by atoms with E-state index in [1.807, 2.05) is 42.5 Å². The van der Waals surface area contributed by atoms with E-state index < -0.39 is 22.5 Å². The molecule has 4 aromatic rings. The van der Waals surface area contributed by atoms with Crippen molar-refractivity contribution in [1.82, 2.24) is 5.43 Å². The Bertz CT molecular complexity index is 1550. The van der Waals surface area contributed by atoms with Gasteiger partial charge < -0.3 is 4.74 Å². The monoisotopic (exact) mass is 535 g/mol. The molecule has 0 fully saturated rings. The molecule has 9 heteroatoms. The smallest absolute Gasteiger partial charge is 0.260 e. The molecule has 0 aromatic heterocycles. The predicted molar refractivity (Wildman–Crippen MR) is 149 cm³/mol. The van der Waals surface area contributed by atoms with Crippen LogP contribution in [0.3, 0.4) is 0 Å². The second kappa shape index (κ2) is 11.5. The number of hydrogen-bond acceptors (Lipinski definition) is 5. The third kappa shape index (κ3) is 7.09. The Labute approximate surface area is 221 Å². The molecule has 0 unspecified atom stereocenters. The highest BCUT2D eigenvalue weighted by atomic mass is 35.5. The summed E-state index contributed by atoms with van der Waals surface area (Å²) in [7, 11) is -3.72. The van der Waals surface area contributed by atoms with Crippen molar-refractivity contribution in [2.45, 2.75) is 13.5 Å². The molecule has 1 amide bonds. The standard InChI is InChI=1S/C28H26ClN3O4S/c1-20-7-12-25(29)16-27(20)32(37(2,34)35)18-28(33)31-30-17-21-9-13-26(14-10-21)36-19-22-8-11-23-5-3-4-6-24(23)15-22/h3-17H,18-19H2,1-2H3,(H,31,33)/b30-17-. The molecule has 4 rings (SSSR count). The van der Waals surface area contributed by atoms with E-state index in [0.717, 1.165) is 21.7 Å². The van der Waals surface area contributed by atoms with Crippen molar-refractivity contribution < 1.29 is 17.9 Å². The van der Waals surface area contributed by atoms with Crippen LogP contribution in [0.15, 0.2) is 90.0 Å². The number of ether oxygens (including phenoxy) is 1. The van der Waals surface area contributed by atoms with E-state index >= 15 is 0 Å². The van der Waals surface area contributed by atoms with Crippen LogP contribution in [0.1, 0.15) is 16.7 Å². The van der Waals surface area contributed by atoms with Crippen molar-refractivity contribution >= 4 is 50.2 Å². The quantitative estimate of drug-likeness (QED) is 0.233. The minimum Gasteiger partial charge on any atom is -0.489 e. The number of nitrogens with one attached hydrogen (secondary N) is 1. The van der Waals surface area contributed by atoms with Crippen molar-refractivity contribution in [2.75, 3.05) is 17.1 Å². The average Bonchev–Trinajstić information content (AvgIpc) is 2.87. The van der Waals surface area contributed by atoms with Crippen LogP contribution in [0, 0.1) is 6.92 Å². The molecule has 7 nitrogen and oxygen atoms in total. The molecular formula is C28H26ClN3O4S. The van der Waals surface area contributed by atoms with E-state index in [4.69, 9.17) is 16.3 Å². The van der Waals surface area contributed by atoms with E-state index in [1.165, 1.54) is 23.1 Å². The highest BCUT2D eigenvalue weighted by molar-refractivity contribution is 7.92. The fourth-order valence-corrected chi connectivity index (χ4v) is 4.79. The molecule has 0 saturated carbocycles. The number of rotatable bonds is 9. The number of sulfonamides is 1. The van der Waals surface area contributed by atoms with Crippen LogP contribution in [0.4, 0.5) is 5.69 Å². The lowest BCUT2D eigenvalue weighted by Crippen LogP contribution is -2.39. The molecule has 1 N–H and O–H groups in total. The summed E-state index contributed by atoms with van der Waals surface area (Å²) in [6.07, 6.45) is 2.51. The summed E-state index contributed by atoms with van der Waals surface area (Å²) in [4.78, 5) is 12.4. The Balaban J connectivity index is 1.33. The van der Waals surface area contributed by atoms with Crippen LogP contribution in [-0.4, -0.2) is 33.3 Å². The number of nitrogens with zero attached hydrogens (tertiary/aromatic N) is 2. The Morgan fingerprint density at radius 2 is 1.73 bits per heavy atom. The van der Waals surface area contributed by atoms with Crippen LogP contribution in [0.5, 0.6) is 5.75 Å². The number of aryl methyl sites for hydroxylation is 1. The minimum atomic E-state index is -3.72. The highest BCUT2D eigenvalue weighted by Crippen LogP contribution is 2.26. The molecule has 0 radical (unpaired) electrons. The van der Waals surface area contributed by atoms with Gasteiger partial charge in [0.05, 0.1) is 18.2 Å². The van der Waals surface area contributed by atoms with Crippen LogP contribution in [-0.2, 0) is 21.4 Å². The number of anilines is 1. The van der Waals surface area contributed by atoms with Gasteiger partial charge in [-0.05, 0) is 76.9 Å². The highest BCUT2D eigenvalue weighted by Gasteiger charge is 2.22. The molecule has 4 aromatic carbocycles. The number of amides is 1. The lowest BCUT2D eigenvalue weighted by Gasteiger charge is -2.23. The summed E-state index contributed by atoms with van der Waals surface area (Å²) in [5.41, 5.74) is 5.20. The van der Waals surface area contributed by atoms with Gasteiger partial charge in [0, 0.05) is 5.02 Å². The molecule has 0 spiro atoms. The van der Waals surface area contributed by atoms with Crippen LogP contribution in [0.2, 0.25) is 5.02 Å². The Kier molecular flexibility index (Phi) is 8.11. The number of hydrogen-bond donors (Lipinski definition) is 1. The predicted octanol–water partition coefficient (Wildman–Crippen LogP) is 5.30. The first-order valence-electron chi connectivity index (χ1n) is 11.5. The molecule has 0 heterocycles. The van der Waals surface area contributed by atoms with Crippen LogP contribution < -0.4 is 14.5 Å². The second-order valence-electron chi connectivity index (χ2n) is 8.53. The van der Waals surface area contributed by atoms with Crippen molar-refractivity contribution in [3.63, 3.8) is 0 Å². The average molecular weight is 536 g/mol. The lowest BCUT2D eigenvalue weighted by atomic mass is 10.1. The molecule has 0 aliphatic carbocycles. The van der Waals surface area contributed by atoms with Gasteiger partial charge in [-0.1, -0.05) is 54.1 Å². The maximum atomic E-state index is 12.4. The van der Waals surface area contributed by atoms with Gasteiger partial charge in [0.1, 0.15) is 18.9 Å². The molecule has 0 aliphatic heterocycles. The fraction of sp³-hybridized carbons (Fsp3) is 0.143. The Morgan fingerprint density at radius 1 is 1.00 bits per heavy atom. The van der Waals surface area contributed by atoms with E-state index in [2.05, 4.69) is 34.8 Å². The van der Waals surface area contributed by atoms with Crippen LogP contribution in [0.25, 0.3) is 10.8 Å². The SMILES string of the molecule is Cc1ccc(Cl)cc1N(CC(=O)N/N=C\c1ccc(OCc2ccc3ccccc3c2)cc1)S(C)(=O)=O. The van der Waals surface area contributed by atoms with Gasteiger partial charge in [-0.2, -0.15) is 5.10 Å². The zero-order valence-electron chi connectivity index (χ0n) is 20.4. The normalized spacial score (nSPS) is 11.5. The maximum absolute atomic E-state index is 12.4. The fourth-order valence-electron chi connectivity index (χ4n) is 3.72. The molecular weight excluding hydrogens is 510 g/mol. The summed E-state index contributed by atoms with van der Waals surface area (Å²) in [5, 5.41) is 6.67. The number of halogens is 1. The Morgan fingerprint density at radius 3 is 2.46 bits per heavy atom. The first-order chi connectivity index (χ1) is 17.7. The summed E-state index contributed by atoms with van der Waals surface area (Å²) in [5.74, 6) is 0.117. The number of carbonyl (C=O) groups is 1. The van der Waals surface area contributed by atoms with Gasteiger partial charge in [0.25, 0.3) is 5.91 Å². The lowest BCUT2D eigenvalue weighted by molar-refractivity contribution is -0.119.